The number of anilines is 2. The predicted octanol–water partition coefficient (Wildman–Crippen LogP) is 2.53. The fraction of sp³-hybridized carbons (Fsp3) is 0.364. The SMILES string of the molecule is CCCNc1c(Cl)cc(N)cc1C(=O)OC. The lowest BCUT2D eigenvalue weighted by atomic mass is 10.1. The first-order chi connectivity index (χ1) is 7.60. The molecule has 0 bridgehead atoms. The average Bonchev–Trinajstić information content (AvgIpc) is 2.26. The van der Waals surface area contributed by atoms with E-state index in [1.807, 2.05) is 6.92 Å². The monoisotopic (exact) mass is 242 g/mol. The molecule has 0 saturated carbocycles. The fourth-order valence-electron chi connectivity index (χ4n) is 1.33. The Morgan fingerprint density at radius 3 is 2.81 bits per heavy atom. The predicted molar refractivity (Wildman–Crippen MR) is 66.0 cm³/mol. The Kier molecular flexibility index (Phi) is 4.43. The van der Waals surface area contributed by atoms with Gasteiger partial charge < -0.3 is 15.8 Å². The molecule has 1 aromatic carbocycles. The second-order valence-electron chi connectivity index (χ2n) is 3.34. The maximum Gasteiger partial charge on any atom is 0.340 e. The molecule has 0 aliphatic carbocycles. The summed E-state index contributed by atoms with van der Waals surface area (Å²) >= 11 is 6.02. The lowest BCUT2D eigenvalue weighted by Crippen LogP contribution is -2.10. The number of methoxy groups -OCH3 is 1. The molecule has 1 aromatic rings. The molecule has 0 aromatic heterocycles. The van der Waals surface area contributed by atoms with Crippen molar-refractivity contribution in [3.63, 3.8) is 0 Å². The first kappa shape index (κ1) is 12.6. The summed E-state index contributed by atoms with van der Waals surface area (Å²) in [5, 5.41) is 3.51. The fourth-order valence-corrected chi connectivity index (χ4v) is 1.62. The molecule has 0 saturated heterocycles. The Morgan fingerprint density at radius 2 is 2.25 bits per heavy atom. The zero-order chi connectivity index (χ0) is 12.1. The van der Waals surface area contributed by atoms with E-state index >= 15 is 0 Å². The molecule has 0 fully saturated rings. The molecule has 0 spiro atoms. The number of benzene rings is 1. The van der Waals surface area contributed by atoms with Crippen molar-refractivity contribution >= 4 is 28.9 Å². The van der Waals surface area contributed by atoms with Gasteiger partial charge in [0.2, 0.25) is 0 Å². The molecule has 88 valence electrons. The molecule has 1 rings (SSSR count). The Morgan fingerprint density at radius 1 is 1.56 bits per heavy atom. The summed E-state index contributed by atoms with van der Waals surface area (Å²) < 4.78 is 4.67. The lowest BCUT2D eigenvalue weighted by Gasteiger charge is -2.12. The van der Waals surface area contributed by atoms with E-state index in [4.69, 9.17) is 17.3 Å². The standard InChI is InChI=1S/C11H15ClN2O2/c1-3-4-14-10-8(11(15)16-2)5-7(13)6-9(10)12/h5-6,14H,3-4,13H2,1-2H3. The van der Waals surface area contributed by atoms with Crippen molar-refractivity contribution in [1.82, 2.24) is 0 Å². The molecule has 0 radical (unpaired) electrons. The molecular weight excluding hydrogens is 228 g/mol. The minimum atomic E-state index is -0.451. The summed E-state index contributed by atoms with van der Waals surface area (Å²) in [6.07, 6.45) is 0.932. The molecule has 5 heteroatoms. The van der Waals surface area contributed by atoms with Crippen molar-refractivity contribution in [2.24, 2.45) is 0 Å². The van der Waals surface area contributed by atoms with Crippen LogP contribution in [0.3, 0.4) is 0 Å². The smallest absolute Gasteiger partial charge is 0.340 e. The molecule has 0 aliphatic rings. The largest absolute Gasteiger partial charge is 0.465 e. The van der Waals surface area contributed by atoms with Crippen molar-refractivity contribution < 1.29 is 9.53 Å². The van der Waals surface area contributed by atoms with E-state index in [9.17, 15) is 4.79 Å². The van der Waals surface area contributed by atoms with Crippen LogP contribution in [-0.2, 0) is 4.74 Å². The molecule has 0 aliphatic heterocycles. The topological polar surface area (TPSA) is 64.3 Å². The van der Waals surface area contributed by atoms with E-state index in [0.29, 0.717) is 22.0 Å². The Hall–Kier alpha value is -1.42. The van der Waals surface area contributed by atoms with Gasteiger partial charge in [-0.3, -0.25) is 0 Å². The van der Waals surface area contributed by atoms with Crippen LogP contribution in [0.2, 0.25) is 5.02 Å². The zero-order valence-corrected chi connectivity index (χ0v) is 10.1. The van der Waals surface area contributed by atoms with Crippen LogP contribution in [0.15, 0.2) is 12.1 Å². The Labute approximate surface area is 99.7 Å². The third kappa shape index (κ3) is 2.79. The highest BCUT2D eigenvalue weighted by atomic mass is 35.5. The average molecular weight is 243 g/mol. The van der Waals surface area contributed by atoms with Crippen LogP contribution in [0.25, 0.3) is 0 Å². The number of ether oxygens (including phenoxy) is 1. The normalized spacial score (nSPS) is 9.94. The van der Waals surface area contributed by atoms with Crippen molar-refractivity contribution in [1.29, 1.82) is 0 Å². The summed E-state index contributed by atoms with van der Waals surface area (Å²) in [4.78, 5) is 11.5. The maximum atomic E-state index is 11.5. The van der Waals surface area contributed by atoms with Crippen LogP contribution in [0.4, 0.5) is 11.4 Å². The van der Waals surface area contributed by atoms with Gasteiger partial charge in [-0.15, -0.1) is 0 Å². The summed E-state index contributed by atoms with van der Waals surface area (Å²) in [6.45, 7) is 2.75. The van der Waals surface area contributed by atoms with Crippen LogP contribution in [0.5, 0.6) is 0 Å². The maximum absolute atomic E-state index is 11.5. The second-order valence-corrected chi connectivity index (χ2v) is 3.75. The zero-order valence-electron chi connectivity index (χ0n) is 9.34. The van der Waals surface area contributed by atoms with E-state index in [1.54, 1.807) is 12.1 Å². The number of rotatable bonds is 4. The van der Waals surface area contributed by atoms with Crippen LogP contribution in [0, 0.1) is 0 Å². The molecule has 4 nitrogen and oxygen atoms in total. The molecular formula is C11H15ClN2O2. The number of nitrogens with two attached hydrogens (primary N) is 1. The lowest BCUT2D eigenvalue weighted by molar-refractivity contribution is 0.0602. The highest BCUT2D eigenvalue weighted by Crippen LogP contribution is 2.29. The van der Waals surface area contributed by atoms with Crippen LogP contribution >= 0.6 is 11.6 Å². The van der Waals surface area contributed by atoms with Gasteiger partial charge in [0, 0.05) is 12.2 Å². The van der Waals surface area contributed by atoms with Gasteiger partial charge in [-0.25, -0.2) is 4.79 Å². The van der Waals surface area contributed by atoms with E-state index in [0.717, 1.165) is 13.0 Å². The molecule has 0 amide bonds. The number of hydrogen-bond acceptors (Lipinski definition) is 4. The third-order valence-corrected chi connectivity index (χ3v) is 2.37. The Bertz CT molecular complexity index is 394. The summed E-state index contributed by atoms with van der Waals surface area (Å²) in [5.41, 5.74) is 7.00. The van der Waals surface area contributed by atoms with E-state index in [1.165, 1.54) is 7.11 Å². The first-order valence-electron chi connectivity index (χ1n) is 5.01. The second kappa shape index (κ2) is 5.61. The Balaban J connectivity index is 3.15. The summed E-state index contributed by atoms with van der Waals surface area (Å²) in [7, 11) is 1.32. The van der Waals surface area contributed by atoms with E-state index < -0.39 is 5.97 Å². The van der Waals surface area contributed by atoms with Gasteiger partial charge in [-0.1, -0.05) is 18.5 Å². The van der Waals surface area contributed by atoms with Crippen LogP contribution in [-0.4, -0.2) is 19.6 Å². The van der Waals surface area contributed by atoms with Gasteiger partial charge in [0.25, 0.3) is 0 Å². The van der Waals surface area contributed by atoms with Gasteiger partial charge >= 0.3 is 5.97 Å². The van der Waals surface area contributed by atoms with E-state index in [2.05, 4.69) is 10.1 Å². The molecule has 16 heavy (non-hydrogen) atoms. The number of carbonyl (C=O) groups is 1. The number of nitrogens with one attached hydrogen (secondary N) is 1. The third-order valence-electron chi connectivity index (χ3n) is 2.07. The molecule has 0 unspecified atom stereocenters. The number of esters is 1. The summed E-state index contributed by atoms with van der Waals surface area (Å²) in [5.74, 6) is -0.451. The van der Waals surface area contributed by atoms with Crippen molar-refractivity contribution in [3.05, 3.63) is 22.7 Å². The summed E-state index contributed by atoms with van der Waals surface area (Å²) in [6, 6.07) is 3.15. The van der Waals surface area contributed by atoms with Gasteiger partial charge in [-0.05, 0) is 18.6 Å². The van der Waals surface area contributed by atoms with E-state index in [-0.39, 0.29) is 0 Å². The molecule has 0 heterocycles. The minimum Gasteiger partial charge on any atom is -0.465 e. The molecule has 0 atom stereocenters. The number of carbonyl (C=O) groups excluding carboxylic acids is 1. The first-order valence-corrected chi connectivity index (χ1v) is 5.39. The number of nitrogen functional groups attached to an aromatic ring is 1. The quantitative estimate of drug-likeness (QED) is 0.629. The molecule has 3 N–H and O–H groups in total. The van der Waals surface area contributed by atoms with Gasteiger partial charge in [0.05, 0.1) is 23.4 Å². The minimum absolute atomic E-state index is 0.362. The van der Waals surface area contributed by atoms with Gasteiger partial charge in [0.1, 0.15) is 0 Å². The highest BCUT2D eigenvalue weighted by Gasteiger charge is 2.15. The van der Waals surface area contributed by atoms with Crippen molar-refractivity contribution in [2.75, 3.05) is 24.7 Å². The highest BCUT2D eigenvalue weighted by molar-refractivity contribution is 6.34. The van der Waals surface area contributed by atoms with Crippen molar-refractivity contribution in [3.8, 4) is 0 Å². The van der Waals surface area contributed by atoms with Crippen LogP contribution in [0.1, 0.15) is 23.7 Å². The van der Waals surface area contributed by atoms with Crippen LogP contribution < -0.4 is 11.1 Å². The number of hydrogen-bond donors (Lipinski definition) is 2. The number of halogens is 1. The van der Waals surface area contributed by atoms with Crippen molar-refractivity contribution in [2.45, 2.75) is 13.3 Å². The van der Waals surface area contributed by atoms with Gasteiger partial charge in [0.15, 0.2) is 0 Å². The van der Waals surface area contributed by atoms with Gasteiger partial charge in [-0.2, -0.15) is 0 Å².